The number of hydrogen-bond acceptors (Lipinski definition) is 4. The van der Waals surface area contributed by atoms with Gasteiger partial charge >= 0.3 is 0 Å². The average molecular weight is 309 g/mol. The van der Waals surface area contributed by atoms with Gasteiger partial charge in [-0.05, 0) is 25.7 Å². The van der Waals surface area contributed by atoms with Gasteiger partial charge in [0.1, 0.15) is 5.54 Å². The summed E-state index contributed by atoms with van der Waals surface area (Å²) < 4.78 is 5.83. The molecule has 3 N–H and O–H groups in total. The van der Waals surface area contributed by atoms with Gasteiger partial charge in [0.25, 0.3) is 0 Å². The number of rotatable bonds is 4. The lowest BCUT2D eigenvalue weighted by molar-refractivity contribution is -0.229. The summed E-state index contributed by atoms with van der Waals surface area (Å²) in [7, 11) is 1.66. The highest BCUT2D eigenvalue weighted by molar-refractivity contribution is 5.92. The van der Waals surface area contributed by atoms with E-state index in [-0.39, 0.29) is 30.4 Å². The predicted molar refractivity (Wildman–Crippen MR) is 82.0 cm³/mol. The van der Waals surface area contributed by atoms with Crippen molar-refractivity contribution in [3.63, 3.8) is 0 Å². The topological polar surface area (TPSA) is 84.7 Å². The van der Waals surface area contributed by atoms with Crippen molar-refractivity contribution < 1.29 is 14.3 Å². The molecule has 6 nitrogen and oxygen atoms in total. The zero-order valence-electron chi connectivity index (χ0n) is 13.7. The van der Waals surface area contributed by atoms with Crippen LogP contribution in [0.15, 0.2) is 0 Å². The monoisotopic (exact) mass is 309 g/mol. The number of ether oxygens (including phenoxy) is 1. The molecule has 0 bridgehead atoms. The fraction of sp³-hybridized carbons (Fsp3) is 0.875. The Morgan fingerprint density at radius 1 is 1.32 bits per heavy atom. The van der Waals surface area contributed by atoms with Crippen LogP contribution in [0, 0.1) is 11.3 Å². The second-order valence-corrected chi connectivity index (χ2v) is 7.63. The minimum Gasteiger partial charge on any atom is -0.377 e. The van der Waals surface area contributed by atoms with E-state index in [1.54, 1.807) is 7.05 Å². The summed E-state index contributed by atoms with van der Waals surface area (Å²) in [4.78, 5) is 26.3. The van der Waals surface area contributed by atoms with Gasteiger partial charge in [0.05, 0.1) is 12.6 Å². The Bertz CT molecular complexity index is 489. The molecule has 0 spiro atoms. The van der Waals surface area contributed by atoms with Gasteiger partial charge in [0, 0.05) is 31.0 Å². The van der Waals surface area contributed by atoms with E-state index in [1.807, 2.05) is 13.8 Å². The van der Waals surface area contributed by atoms with Crippen LogP contribution in [0.25, 0.3) is 0 Å². The van der Waals surface area contributed by atoms with Gasteiger partial charge in [0.2, 0.25) is 11.8 Å². The van der Waals surface area contributed by atoms with E-state index in [0.29, 0.717) is 6.04 Å². The largest absolute Gasteiger partial charge is 0.377 e. The fourth-order valence-corrected chi connectivity index (χ4v) is 4.11. The Labute approximate surface area is 131 Å². The van der Waals surface area contributed by atoms with Crippen molar-refractivity contribution in [1.29, 1.82) is 0 Å². The molecule has 0 radical (unpaired) electrons. The Balaban J connectivity index is 1.68. The Morgan fingerprint density at radius 3 is 2.64 bits per heavy atom. The Hall–Kier alpha value is -1.14. The molecule has 0 aromatic rings. The molecular weight excluding hydrogens is 282 g/mol. The van der Waals surface area contributed by atoms with Crippen LogP contribution >= 0.6 is 0 Å². The molecule has 2 amide bonds. The summed E-state index contributed by atoms with van der Waals surface area (Å²) in [6, 6.07) is 0.305. The van der Waals surface area contributed by atoms with Gasteiger partial charge in [-0.25, -0.2) is 0 Å². The average Bonchev–Trinajstić information content (AvgIpc) is 3.29. The second-order valence-electron chi connectivity index (χ2n) is 7.63. The third-order valence-electron chi connectivity index (χ3n) is 5.71. The third-order valence-corrected chi connectivity index (χ3v) is 5.71. The van der Waals surface area contributed by atoms with E-state index in [2.05, 4.69) is 5.32 Å². The quantitative estimate of drug-likeness (QED) is 0.780. The maximum Gasteiger partial charge on any atom is 0.243 e. The normalized spacial score (nSPS) is 36.0. The van der Waals surface area contributed by atoms with Crippen LogP contribution in [0.3, 0.4) is 0 Å². The van der Waals surface area contributed by atoms with Crippen LogP contribution in [0.1, 0.15) is 39.5 Å². The minimum absolute atomic E-state index is 0.0453. The van der Waals surface area contributed by atoms with Crippen LogP contribution in [0.2, 0.25) is 0 Å². The number of amides is 2. The molecule has 1 saturated heterocycles. The Morgan fingerprint density at radius 2 is 2.00 bits per heavy atom. The second kappa shape index (κ2) is 5.20. The molecule has 22 heavy (non-hydrogen) atoms. The van der Waals surface area contributed by atoms with Gasteiger partial charge in [-0.2, -0.15) is 0 Å². The summed E-state index contributed by atoms with van der Waals surface area (Å²) in [6.07, 6.45) is 3.98. The van der Waals surface area contributed by atoms with E-state index in [4.69, 9.17) is 10.5 Å². The van der Waals surface area contributed by atoms with Crippen molar-refractivity contribution in [3.8, 4) is 0 Å². The predicted octanol–water partition coefficient (Wildman–Crippen LogP) is 0.256. The number of nitrogens with one attached hydrogen (secondary N) is 1. The molecule has 3 rings (SSSR count). The van der Waals surface area contributed by atoms with Crippen molar-refractivity contribution in [2.75, 3.05) is 20.2 Å². The number of likely N-dealkylation sites (N-methyl/N-ethyl adjacent to an activating group) is 1. The SMILES string of the molecule is CN(CC(=O)NC1CC1)C(=O)C1(N)C2CCCOC2C1(C)C. The number of carbonyl (C=O) groups is 2. The first-order valence-corrected chi connectivity index (χ1v) is 8.24. The van der Waals surface area contributed by atoms with E-state index in [0.717, 1.165) is 32.3 Å². The molecular formula is C16H27N3O3. The summed E-state index contributed by atoms with van der Waals surface area (Å²) in [5.74, 6) is -0.191. The molecule has 2 saturated carbocycles. The first-order chi connectivity index (χ1) is 10.3. The molecule has 2 aliphatic carbocycles. The van der Waals surface area contributed by atoms with Gasteiger partial charge in [-0.3, -0.25) is 9.59 Å². The van der Waals surface area contributed by atoms with Crippen LogP contribution in [-0.2, 0) is 14.3 Å². The Kier molecular flexibility index (Phi) is 3.72. The molecule has 1 heterocycles. The number of nitrogens with zero attached hydrogens (tertiary/aromatic N) is 1. The lowest BCUT2D eigenvalue weighted by Gasteiger charge is -2.65. The van der Waals surface area contributed by atoms with Gasteiger partial charge < -0.3 is 20.7 Å². The van der Waals surface area contributed by atoms with E-state index in [1.165, 1.54) is 4.90 Å². The molecule has 3 aliphatic rings. The maximum absolute atomic E-state index is 12.9. The van der Waals surface area contributed by atoms with Crippen molar-refractivity contribution in [1.82, 2.24) is 10.2 Å². The van der Waals surface area contributed by atoms with Crippen LogP contribution in [-0.4, -0.2) is 54.6 Å². The van der Waals surface area contributed by atoms with Gasteiger partial charge in [0.15, 0.2) is 0 Å². The van der Waals surface area contributed by atoms with E-state index >= 15 is 0 Å². The van der Waals surface area contributed by atoms with Crippen LogP contribution in [0.4, 0.5) is 0 Å². The number of hydrogen-bond donors (Lipinski definition) is 2. The minimum atomic E-state index is -0.938. The molecule has 3 fully saturated rings. The summed E-state index contributed by atoms with van der Waals surface area (Å²) in [6.45, 7) is 4.81. The number of fused-ring (bicyclic) bond motifs is 1. The fourth-order valence-electron chi connectivity index (χ4n) is 4.11. The molecule has 0 aromatic heterocycles. The number of nitrogens with two attached hydrogens (primary N) is 1. The summed E-state index contributed by atoms with van der Waals surface area (Å²) in [5.41, 5.74) is 5.22. The third kappa shape index (κ3) is 2.24. The highest BCUT2D eigenvalue weighted by atomic mass is 16.5. The van der Waals surface area contributed by atoms with Crippen LogP contribution in [0.5, 0.6) is 0 Å². The molecule has 124 valence electrons. The zero-order valence-corrected chi connectivity index (χ0v) is 13.7. The summed E-state index contributed by atoms with van der Waals surface area (Å²) >= 11 is 0. The molecule has 3 unspecified atom stereocenters. The first kappa shape index (κ1) is 15.7. The molecule has 6 heteroatoms. The number of carbonyl (C=O) groups excluding carboxylic acids is 2. The molecule has 3 atom stereocenters. The van der Waals surface area contributed by atoms with Crippen molar-refractivity contribution in [2.24, 2.45) is 17.1 Å². The highest BCUT2D eigenvalue weighted by Gasteiger charge is 2.70. The summed E-state index contributed by atoms with van der Waals surface area (Å²) in [5, 5.41) is 2.91. The van der Waals surface area contributed by atoms with Crippen molar-refractivity contribution >= 4 is 11.8 Å². The lowest BCUT2D eigenvalue weighted by atomic mass is 9.46. The lowest BCUT2D eigenvalue weighted by Crippen LogP contribution is -2.82. The smallest absolute Gasteiger partial charge is 0.243 e. The molecule has 1 aliphatic heterocycles. The van der Waals surface area contributed by atoms with E-state index < -0.39 is 11.0 Å². The maximum atomic E-state index is 12.9. The standard InChI is InChI=1S/C16H27N3O3/c1-15(2)13-11(5-4-8-22-13)16(15,17)14(21)19(3)9-12(20)18-10-6-7-10/h10-11,13H,4-9,17H2,1-3H3,(H,18,20). The first-order valence-electron chi connectivity index (χ1n) is 8.24. The van der Waals surface area contributed by atoms with Crippen LogP contribution < -0.4 is 11.1 Å². The van der Waals surface area contributed by atoms with Gasteiger partial charge in [-0.1, -0.05) is 13.8 Å². The highest BCUT2D eigenvalue weighted by Crippen LogP contribution is 2.57. The zero-order chi connectivity index (χ0) is 16.1. The van der Waals surface area contributed by atoms with Crippen molar-refractivity contribution in [3.05, 3.63) is 0 Å². The van der Waals surface area contributed by atoms with Gasteiger partial charge in [-0.15, -0.1) is 0 Å². The van der Waals surface area contributed by atoms with E-state index in [9.17, 15) is 9.59 Å². The molecule has 0 aromatic carbocycles. The van der Waals surface area contributed by atoms with Crippen molar-refractivity contribution in [2.45, 2.75) is 57.2 Å².